The molecule has 0 saturated carbocycles. The molecule has 7 nitrogen and oxygen atoms in total. The topological polar surface area (TPSA) is 105 Å². The summed E-state index contributed by atoms with van der Waals surface area (Å²) in [6.45, 7) is 2.15. The Morgan fingerprint density at radius 2 is 1.81 bits per heavy atom. The Hall–Kier alpha value is -2.36. The Bertz CT molecular complexity index is 917. The molecule has 2 aromatic rings. The van der Waals surface area contributed by atoms with E-state index in [2.05, 4.69) is 37.2 Å². The van der Waals surface area contributed by atoms with Crippen LogP contribution in [-0.4, -0.2) is 35.0 Å². The Kier molecular flexibility index (Phi) is 10.0. The van der Waals surface area contributed by atoms with E-state index in [-0.39, 0.29) is 5.75 Å². The lowest BCUT2D eigenvalue weighted by atomic mass is 9.99. The number of carbonyl (C=O) groups excluding carboxylic acids is 1. The first-order valence-corrected chi connectivity index (χ1v) is 11.1. The molecular formula is C22H23Br2NO6. The van der Waals surface area contributed by atoms with Crippen molar-refractivity contribution in [2.75, 3.05) is 11.9 Å². The van der Waals surface area contributed by atoms with Crippen LogP contribution in [-0.2, 0) is 14.3 Å². The molecule has 0 heterocycles. The molecule has 0 bridgehead atoms. The quantitative estimate of drug-likeness (QED) is 0.308. The number of phenolic OH excluding ortho intramolecular Hbond substituents is 1. The van der Waals surface area contributed by atoms with E-state index in [1.54, 1.807) is 43.3 Å². The van der Waals surface area contributed by atoms with Gasteiger partial charge in [0.1, 0.15) is 5.75 Å². The maximum Gasteiger partial charge on any atom is 0.412 e. The van der Waals surface area contributed by atoms with Crippen molar-refractivity contribution in [3.63, 3.8) is 0 Å². The SMILES string of the molecule is CCO[C@@H](CC/C=C/C(=O)O)[C@@H](OC(=O)Nc1ccc(Br)cc1)c1cc(Br)ccc1O. The molecule has 31 heavy (non-hydrogen) atoms. The van der Waals surface area contributed by atoms with E-state index in [9.17, 15) is 14.7 Å². The second-order valence-electron chi connectivity index (χ2n) is 6.47. The van der Waals surface area contributed by atoms with Gasteiger partial charge < -0.3 is 19.7 Å². The molecule has 0 aliphatic heterocycles. The van der Waals surface area contributed by atoms with Gasteiger partial charge in [-0.1, -0.05) is 37.9 Å². The number of hydrogen-bond acceptors (Lipinski definition) is 5. The van der Waals surface area contributed by atoms with Crippen molar-refractivity contribution >= 4 is 49.6 Å². The molecule has 0 unspecified atom stereocenters. The molecule has 1 amide bonds. The standard InChI is InChI=1S/C22H23Br2NO6/c1-2-30-19(5-3-4-6-20(27)28)21(17-13-15(24)9-12-18(17)26)31-22(29)25-16-10-7-14(23)8-11-16/h4,6-13,19,21,26H,2-3,5H2,1H3,(H,25,29)(H,27,28)/b6-4+/t19-,21-/m0/s1. The number of anilines is 1. The van der Waals surface area contributed by atoms with E-state index in [0.29, 0.717) is 35.2 Å². The number of carboxylic acids is 1. The lowest BCUT2D eigenvalue weighted by Gasteiger charge is -2.28. The second-order valence-corrected chi connectivity index (χ2v) is 8.30. The number of rotatable bonds is 10. The van der Waals surface area contributed by atoms with E-state index in [1.807, 2.05) is 0 Å². The molecule has 166 valence electrons. The van der Waals surface area contributed by atoms with Crippen molar-refractivity contribution in [2.45, 2.75) is 32.0 Å². The summed E-state index contributed by atoms with van der Waals surface area (Å²) < 4.78 is 13.1. The van der Waals surface area contributed by atoms with Gasteiger partial charge in [0, 0.05) is 32.9 Å². The maximum absolute atomic E-state index is 12.6. The zero-order chi connectivity index (χ0) is 22.8. The van der Waals surface area contributed by atoms with Gasteiger partial charge in [-0.3, -0.25) is 5.32 Å². The zero-order valence-corrected chi connectivity index (χ0v) is 19.9. The third kappa shape index (κ3) is 8.35. The largest absolute Gasteiger partial charge is 0.508 e. The molecule has 0 aliphatic rings. The van der Waals surface area contributed by atoms with Gasteiger partial charge in [0.05, 0.1) is 6.10 Å². The van der Waals surface area contributed by atoms with Crippen LogP contribution < -0.4 is 5.32 Å². The number of phenols is 1. The monoisotopic (exact) mass is 555 g/mol. The van der Waals surface area contributed by atoms with Crippen LogP contribution in [0.25, 0.3) is 0 Å². The summed E-state index contributed by atoms with van der Waals surface area (Å²) in [5.74, 6) is -1.09. The number of hydrogen-bond donors (Lipinski definition) is 3. The predicted octanol–water partition coefficient (Wildman–Crippen LogP) is 6.03. The Morgan fingerprint density at radius 3 is 2.45 bits per heavy atom. The smallest absolute Gasteiger partial charge is 0.412 e. The van der Waals surface area contributed by atoms with Crippen molar-refractivity contribution in [1.29, 1.82) is 0 Å². The van der Waals surface area contributed by atoms with Crippen molar-refractivity contribution in [3.8, 4) is 5.75 Å². The second kappa shape index (κ2) is 12.5. The van der Waals surface area contributed by atoms with Gasteiger partial charge in [-0.05, 0) is 62.2 Å². The van der Waals surface area contributed by atoms with Gasteiger partial charge in [0.15, 0.2) is 6.10 Å². The van der Waals surface area contributed by atoms with E-state index in [4.69, 9.17) is 14.6 Å². The highest BCUT2D eigenvalue weighted by molar-refractivity contribution is 9.10. The molecule has 2 aromatic carbocycles. The number of aliphatic carboxylic acids is 1. The van der Waals surface area contributed by atoms with Crippen LogP contribution in [0, 0.1) is 0 Å². The van der Waals surface area contributed by atoms with Gasteiger partial charge >= 0.3 is 12.1 Å². The van der Waals surface area contributed by atoms with Crippen molar-refractivity contribution in [1.82, 2.24) is 0 Å². The van der Waals surface area contributed by atoms with Crippen LogP contribution in [0.15, 0.2) is 63.6 Å². The average Bonchev–Trinajstić information content (AvgIpc) is 2.72. The molecule has 0 spiro atoms. The predicted molar refractivity (Wildman–Crippen MR) is 124 cm³/mol. The Labute approximate surface area is 197 Å². The molecular weight excluding hydrogens is 534 g/mol. The zero-order valence-electron chi connectivity index (χ0n) is 16.8. The van der Waals surface area contributed by atoms with Crippen LogP contribution in [0.1, 0.15) is 31.4 Å². The molecule has 0 fully saturated rings. The molecule has 2 rings (SSSR count). The van der Waals surface area contributed by atoms with E-state index in [0.717, 1.165) is 10.5 Å². The highest BCUT2D eigenvalue weighted by atomic mass is 79.9. The summed E-state index contributed by atoms with van der Waals surface area (Å²) >= 11 is 6.71. The molecule has 0 aromatic heterocycles. The first-order chi connectivity index (χ1) is 14.8. The number of carboxylic acid groups (broad SMARTS) is 1. The number of halogens is 2. The van der Waals surface area contributed by atoms with Gasteiger partial charge in [0.25, 0.3) is 0 Å². The first kappa shape index (κ1) is 24.9. The normalized spacial score (nSPS) is 13.0. The summed E-state index contributed by atoms with van der Waals surface area (Å²) in [6.07, 6.45) is 1.08. The van der Waals surface area contributed by atoms with Crippen molar-refractivity contribution in [3.05, 3.63) is 69.1 Å². The Balaban J connectivity index is 2.26. The molecule has 0 aliphatic carbocycles. The average molecular weight is 557 g/mol. The maximum atomic E-state index is 12.6. The molecule has 9 heteroatoms. The number of allylic oxidation sites excluding steroid dienone is 1. The summed E-state index contributed by atoms with van der Waals surface area (Å²) in [5, 5.41) is 21.9. The van der Waals surface area contributed by atoms with E-state index < -0.39 is 24.3 Å². The highest BCUT2D eigenvalue weighted by Gasteiger charge is 2.30. The fourth-order valence-corrected chi connectivity index (χ4v) is 3.51. The first-order valence-electron chi connectivity index (χ1n) is 9.52. The number of amides is 1. The van der Waals surface area contributed by atoms with Gasteiger partial charge in [-0.2, -0.15) is 0 Å². The fourth-order valence-electron chi connectivity index (χ4n) is 2.87. The fraction of sp³-hybridized carbons (Fsp3) is 0.273. The van der Waals surface area contributed by atoms with Crippen LogP contribution in [0.5, 0.6) is 5.75 Å². The molecule has 2 atom stereocenters. The highest BCUT2D eigenvalue weighted by Crippen LogP contribution is 2.35. The summed E-state index contributed by atoms with van der Waals surface area (Å²) in [7, 11) is 0. The molecule has 3 N–H and O–H groups in total. The third-order valence-corrected chi connectivity index (χ3v) is 5.24. The van der Waals surface area contributed by atoms with Crippen LogP contribution in [0.4, 0.5) is 10.5 Å². The van der Waals surface area contributed by atoms with Gasteiger partial charge in [0.2, 0.25) is 0 Å². The minimum absolute atomic E-state index is 0.0459. The van der Waals surface area contributed by atoms with Crippen molar-refractivity contribution in [2.24, 2.45) is 0 Å². The summed E-state index contributed by atoms with van der Waals surface area (Å²) in [5.41, 5.74) is 0.920. The number of aromatic hydroxyl groups is 1. The molecule has 0 radical (unpaired) electrons. The number of ether oxygens (including phenoxy) is 2. The summed E-state index contributed by atoms with van der Waals surface area (Å²) in [4.78, 5) is 23.3. The summed E-state index contributed by atoms with van der Waals surface area (Å²) in [6, 6.07) is 11.8. The van der Waals surface area contributed by atoms with Crippen LogP contribution in [0.3, 0.4) is 0 Å². The Morgan fingerprint density at radius 1 is 1.13 bits per heavy atom. The van der Waals surface area contributed by atoms with Gasteiger partial charge in [-0.15, -0.1) is 0 Å². The minimum atomic E-state index is -1.04. The van der Waals surface area contributed by atoms with Gasteiger partial charge in [-0.25, -0.2) is 9.59 Å². The molecule has 0 saturated heterocycles. The number of nitrogens with one attached hydrogen (secondary N) is 1. The van der Waals surface area contributed by atoms with E-state index >= 15 is 0 Å². The minimum Gasteiger partial charge on any atom is -0.508 e. The number of carbonyl (C=O) groups is 2. The van der Waals surface area contributed by atoms with Crippen molar-refractivity contribution < 1.29 is 29.3 Å². The lowest BCUT2D eigenvalue weighted by Crippen LogP contribution is -2.29. The van der Waals surface area contributed by atoms with E-state index in [1.165, 1.54) is 12.1 Å². The van der Waals surface area contributed by atoms with Crippen LogP contribution >= 0.6 is 31.9 Å². The third-order valence-electron chi connectivity index (χ3n) is 4.22. The number of benzene rings is 2. The van der Waals surface area contributed by atoms with Crippen LogP contribution in [0.2, 0.25) is 0 Å². The lowest BCUT2D eigenvalue weighted by molar-refractivity contribution is -0.131.